The molecule has 0 unspecified atom stereocenters. The summed E-state index contributed by atoms with van der Waals surface area (Å²) in [7, 11) is 3.48. The van der Waals surface area contributed by atoms with Gasteiger partial charge in [-0.3, -0.25) is 9.59 Å². The van der Waals surface area contributed by atoms with Gasteiger partial charge in [-0.1, -0.05) is 0 Å². The average molecular weight is 500 g/mol. The van der Waals surface area contributed by atoms with Gasteiger partial charge in [0.15, 0.2) is 0 Å². The number of rotatable bonds is 5. The van der Waals surface area contributed by atoms with Gasteiger partial charge in [0.2, 0.25) is 5.91 Å². The van der Waals surface area contributed by atoms with Crippen LogP contribution in [0.2, 0.25) is 0 Å². The van der Waals surface area contributed by atoms with Crippen LogP contribution >= 0.6 is 15.9 Å². The minimum Gasteiger partial charge on any atom is -0.489 e. The Labute approximate surface area is 179 Å². The number of carboxylic acid groups (broad SMARTS) is 1. The van der Waals surface area contributed by atoms with Crippen LogP contribution in [-0.4, -0.2) is 53.0 Å². The summed E-state index contributed by atoms with van der Waals surface area (Å²) < 4.78 is 40.0. The highest BCUT2D eigenvalue weighted by Crippen LogP contribution is 2.28. The molecule has 0 spiro atoms. The first-order chi connectivity index (χ1) is 13.8. The number of aryl methyl sites for hydroxylation is 1. The molecule has 1 aromatic heterocycles. The van der Waals surface area contributed by atoms with Crippen LogP contribution < -0.4 is 20.9 Å². The van der Waals surface area contributed by atoms with Crippen molar-refractivity contribution in [2.75, 3.05) is 7.05 Å². The molecule has 0 saturated heterocycles. The predicted molar refractivity (Wildman–Crippen MR) is 106 cm³/mol. The molecule has 12 heteroatoms. The van der Waals surface area contributed by atoms with Gasteiger partial charge in [0, 0.05) is 25.4 Å². The Morgan fingerprint density at radius 3 is 2.30 bits per heavy atom. The average Bonchev–Trinajstić information content (AvgIpc) is 2.66. The normalized spacial score (nSPS) is 19.8. The third-order valence-electron chi connectivity index (χ3n) is 4.53. The quantitative estimate of drug-likeness (QED) is 0.572. The van der Waals surface area contributed by atoms with E-state index in [1.165, 1.54) is 10.6 Å². The Morgan fingerprint density at radius 2 is 1.83 bits per heavy atom. The zero-order valence-electron chi connectivity index (χ0n) is 16.8. The predicted octanol–water partition coefficient (Wildman–Crippen LogP) is 2.20. The van der Waals surface area contributed by atoms with E-state index in [0.717, 1.165) is 30.2 Å². The van der Waals surface area contributed by atoms with E-state index in [2.05, 4.69) is 26.6 Å². The molecule has 0 aromatic carbocycles. The van der Waals surface area contributed by atoms with Crippen molar-refractivity contribution in [1.29, 1.82) is 0 Å². The van der Waals surface area contributed by atoms with E-state index in [4.69, 9.17) is 14.6 Å². The molecule has 1 aliphatic carbocycles. The summed E-state index contributed by atoms with van der Waals surface area (Å²) in [4.78, 5) is 32.5. The summed E-state index contributed by atoms with van der Waals surface area (Å²) in [6.07, 6.45) is 0.196. The molecule has 30 heavy (non-hydrogen) atoms. The summed E-state index contributed by atoms with van der Waals surface area (Å²) in [6, 6.07) is 1.53. The monoisotopic (exact) mass is 499 g/mol. The van der Waals surface area contributed by atoms with Crippen molar-refractivity contribution >= 4 is 27.8 Å². The van der Waals surface area contributed by atoms with Crippen LogP contribution in [-0.2, 0) is 16.6 Å². The highest BCUT2D eigenvalue weighted by Gasteiger charge is 2.38. The summed E-state index contributed by atoms with van der Waals surface area (Å²) >= 11 is 3.43. The number of alkyl halides is 3. The van der Waals surface area contributed by atoms with Crippen molar-refractivity contribution in [3.05, 3.63) is 27.1 Å². The lowest BCUT2D eigenvalue weighted by molar-refractivity contribution is -0.192. The van der Waals surface area contributed by atoms with Crippen LogP contribution in [0, 0.1) is 0 Å². The van der Waals surface area contributed by atoms with Gasteiger partial charge in [0.25, 0.3) is 5.56 Å². The lowest BCUT2D eigenvalue weighted by Crippen LogP contribution is -2.47. The summed E-state index contributed by atoms with van der Waals surface area (Å²) in [5.41, 5.74) is -0.0924. The molecule has 0 bridgehead atoms. The Balaban J connectivity index is 0.000000553. The van der Waals surface area contributed by atoms with Gasteiger partial charge in [-0.25, -0.2) is 4.79 Å². The number of carbonyl (C=O) groups is 2. The number of carboxylic acids is 1. The van der Waals surface area contributed by atoms with Crippen LogP contribution in [0.15, 0.2) is 21.5 Å². The molecule has 8 nitrogen and oxygen atoms in total. The molecule has 1 amide bonds. The summed E-state index contributed by atoms with van der Waals surface area (Å²) in [6.45, 7) is 1.84. The lowest BCUT2D eigenvalue weighted by atomic mass is 9.92. The highest BCUT2D eigenvalue weighted by molar-refractivity contribution is 9.10. The number of ether oxygens (including phenoxy) is 1. The second-order valence-electron chi connectivity index (χ2n) is 6.85. The standard InChI is InChI=1S/C16H24BrN3O3.C2HF3O2/c1-10(18-2)16(22)19-11-4-6-12(7-5-11)23-14-8-15(21)20(3)9-13(14)17;3-2(4,5)1(6)7/h8-12,18H,4-7H2,1-3H3,(H,19,22);(H,6,7)/t10-,11?,12?;/m0./s1. The lowest BCUT2D eigenvalue weighted by Gasteiger charge is -2.30. The van der Waals surface area contributed by atoms with Gasteiger partial charge in [-0.2, -0.15) is 13.2 Å². The van der Waals surface area contributed by atoms with Crippen LogP contribution in [0.25, 0.3) is 0 Å². The summed E-state index contributed by atoms with van der Waals surface area (Å²) in [5, 5.41) is 13.1. The number of carbonyl (C=O) groups excluding carboxylic acids is 1. The van der Waals surface area contributed by atoms with Crippen LogP contribution in [0.1, 0.15) is 32.6 Å². The topological polar surface area (TPSA) is 110 Å². The number of aromatic nitrogens is 1. The molecule has 1 fully saturated rings. The third-order valence-corrected chi connectivity index (χ3v) is 5.12. The smallest absolute Gasteiger partial charge is 0.489 e. The number of nitrogens with one attached hydrogen (secondary N) is 2. The fraction of sp³-hybridized carbons (Fsp3) is 0.611. The number of amides is 1. The third kappa shape index (κ3) is 8.34. The SMILES string of the molecule is CN[C@@H](C)C(=O)NC1CCC(Oc2cc(=O)n(C)cc2Br)CC1.O=C(O)C(F)(F)F. The molecule has 1 saturated carbocycles. The number of hydrogen-bond donors (Lipinski definition) is 3. The van der Waals surface area contributed by atoms with Crippen molar-refractivity contribution in [1.82, 2.24) is 15.2 Å². The first-order valence-electron chi connectivity index (χ1n) is 9.15. The van der Waals surface area contributed by atoms with Crippen molar-refractivity contribution in [3.63, 3.8) is 0 Å². The minimum atomic E-state index is -5.08. The first-order valence-corrected chi connectivity index (χ1v) is 9.95. The molecule has 1 aromatic rings. The molecular formula is C18H25BrF3N3O5. The van der Waals surface area contributed by atoms with E-state index in [0.29, 0.717) is 5.75 Å². The number of halogens is 4. The number of nitrogens with zero attached hydrogens (tertiary/aromatic N) is 1. The van der Waals surface area contributed by atoms with Gasteiger partial charge >= 0.3 is 12.1 Å². The molecule has 3 N–H and O–H groups in total. The van der Waals surface area contributed by atoms with Crippen molar-refractivity contribution in [3.8, 4) is 5.75 Å². The second-order valence-corrected chi connectivity index (χ2v) is 7.70. The van der Waals surface area contributed by atoms with Gasteiger partial charge in [0.1, 0.15) is 5.75 Å². The number of aliphatic carboxylic acids is 1. The second kappa shape index (κ2) is 11.3. The zero-order valence-corrected chi connectivity index (χ0v) is 18.3. The maximum atomic E-state index is 11.9. The van der Waals surface area contributed by atoms with Gasteiger partial charge < -0.3 is 25.0 Å². The molecule has 0 radical (unpaired) electrons. The molecule has 1 heterocycles. The Bertz CT molecular complexity index is 792. The van der Waals surface area contributed by atoms with E-state index in [-0.39, 0.29) is 29.7 Å². The van der Waals surface area contributed by atoms with Crippen LogP contribution in [0.5, 0.6) is 5.75 Å². The molecule has 170 valence electrons. The van der Waals surface area contributed by atoms with E-state index in [1.807, 2.05) is 6.92 Å². The molecule has 2 rings (SSSR count). The van der Waals surface area contributed by atoms with Crippen molar-refractivity contribution in [2.45, 2.75) is 57.0 Å². The zero-order chi connectivity index (χ0) is 23.1. The Morgan fingerprint density at radius 1 is 1.30 bits per heavy atom. The Hall–Kier alpha value is -2.08. The van der Waals surface area contributed by atoms with Gasteiger partial charge in [-0.05, 0) is 55.6 Å². The maximum Gasteiger partial charge on any atom is 0.490 e. The number of hydrogen-bond acceptors (Lipinski definition) is 5. The largest absolute Gasteiger partial charge is 0.490 e. The fourth-order valence-electron chi connectivity index (χ4n) is 2.63. The van der Waals surface area contributed by atoms with E-state index in [9.17, 15) is 22.8 Å². The number of pyridine rings is 1. The van der Waals surface area contributed by atoms with E-state index < -0.39 is 12.1 Å². The molecule has 0 aliphatic heterocycles. The minimum absolute atomic E-state index is 0.0335. The van der Waals surface area contributed by atoms with Crippen LogP contribution in [0.4, 0.5) is 13.2 Å². The van der Waals surface area contributed by atoms with E-state index >= 15 is 0 Å². The molecular weight excluding hydrogens is 475 g/mol. The number of likely N-dealkylation sites (N-methyl/N-ethyl adjacent to an activating group) is 1. The Kier molecular flexibility index (Phi) is 9.82. The highest BCUT2D eigenvalue weighted by atomic mass is 79.9. The molecule has 1 atom stereocenters. The fourth-order valence-corrected chi connectivity index (χ4v) is 3.15. The van der Waals surface area contributed by atoms with E-state index in [1.54, 1.807) is 20.3 Å². The van der Waals surface area contributed by atoms with Crippen molar-refractivity contribution < 1.29 is 32.6 Å². The maximum absolute atomic E-state index is 11.9. The first kappa shape index (κ1) is 26.0. The summed E-state index contributed by atoms with van der Waals surface area (Å²) in [5.74, 6) is -2.14. The van der Waals surface area contributed by atoms with Crippen molar-refractivity contribution in [2.24, 2.45) is 7.05 Å². The van der Waals surface area contributed by atoms with Gasteiger partial charge in [-0.15, -0.1) is 0 Å². The molecule has 1 aliphatic rings. The van der Waals surface area contributed by atoms with Crippen LogP contribution in [0.3, 0.4) is 0 Å². The van der Waals surface area contributed by atoms with Gasteiger partial charge in [0.05, 0.1) is 16.6 Å².